The van der Waals surface area contributed by atoms with Crippen LogP contribution in [0.4, 0.5) is 4.79 Å². The SMILES string of the molecule is CC(CCNC(=O)OCC1c2ccccc2-c2ccccc21)C(=O)N1CC(O)CC1C(=O)O. The largest absolute Gasteiger partial charge is 0.480 e. The number of aliphatic carboxylic acids is 1. The molecule has 0 aromatic heterocycles. The van der Waals surface area contributed by atoms with E-state index < -0.39 is 30.1 Å². The maximum Gasteiger partial charge on any atom is 0.407 e. The fourth-order valence-corrected chi connectivity index (χ4v) is 4.74. The number of carboxylic acid groups (broad SMARTS) is 1. The highest BCUT2D eigenvalue weighted by Gasteiger charge is 2.40. The van der Waals surface area contributed by atoms with Crippen molar-refractivity contribution in [3.05, 3.63) is 59.7 Å². The van der Waals surface area contributed by atoms with Gasteiger partial charge >= 0.3 is 12.1 Å². The van der Waals surface area contributed by atoms with Gasteiger partial charge in [-0.25, -0.2) is 9.59 Å². The van der Waals surface area contributed by atoms with Gasteiger partial charge in [0, 0.05) is 31.3 Å². The fraction of sp³-hybridized carbons (Fsp3) is 0.400. The maximum atomic E-state index is 12.6. The first-order chi connectivity index (χ1) is 15.9. The van der Waals surface area contributed by atoms with Gasteiger partial charge in [0.2, 0.25) is 5.91 Å². The van der Waals surface area contributed by atoms with Crippen molar-refractivity contribution >= 4 is 18.0 Å². The Bertz CT molecular complexity index is 1010. The molecule has 33 heavy (non-hydrogen) atoms. The lowest BCUT2D eigenvalue weighted by atomic mass is 9.98. The van der Waals surface area contributed by atoms with E-state index in [0.29, 0.717) is 6.42 Å². The molecule has 0 spiro atoms. The molecule has 174 valence electrons. The lowest BCUT2D eigenvalue weighted by Gasteiger charge is -2.24. The van der Waals surface area contributed by atoms with Gasteiger partial charge in [0.05, 0.1) is 6.10 Å². The quantitative estimate of drug-likeness (QED) is 0.595. The smallest absolute Gasteiger partial charge is 0.407 e. The molecular weight excluding hydrogens is 424 g/mol. The second kappa shape index (κ2) is 9.62. The zero-order valence-electron chi connectivity index (χ0n) is 18.4. The van der Waals surface area contributed by atoms with Crippen LogP contribution < -0.4 is 5.32 Å². The van der Waals surface area contributed by atoms with E-state index in [1.807, 2.05) is 36.4 Å². The van der Waals surface area contributed by atoms with Crippen LogP contribution in [0.25, 0.3) is 11.1 Å². The molecule has 1 heterocycles. The third-order valence-corrected chi connectivity index (χ3v) is 6.46. The van der Waals surface area contributed by atoms with E-state index in [1.165, 1.54) is 4.90 Å². The molecule has 8 nitrogen and oxygen atoms in total. The lowest BCUT2D eigenvalue weighted by molar-refractivity contribution is -0.149. The van der Waals surface area contributed by atoms with Crippen molar-refractivity contribution < 1.29 is 29.3 Å². The van der Waals surface area contributed by atoms with E-state index in [-0.39, 0.29) is 37.9 Å². The highest BCUT2D eigenvalue weighted by Crippen LogP contribution is 2.44. The van der Waals surface area contributed by atoms with Gasteiger partial charge in [0.25, 0.3) is 0 Å². The number of nitrogens with one attached hydrogen (secondary N) is 1. The summed E-state index contributed by atoms with van der Waals surface area (Å²) in [4.78, 5) is 37.5. The number of fused-ring (bicyclic) bond motifs is 3. The van der Waals surface area contributed by atoms with Crippen molar-refractivity contribution in [3.63, 3.8) is 0 Å². The zero-order valence-corrected chi connectivity index (χ0v) is 18.4. The van der Waals surface area contributed by atoms with E-state index >= 15 is 0 Å². The number of carboxylic acids is 1. The van der Waals surface area contributed by atoms with Crippen LogP contribution in [-0.2, 0) is 14.3 Å². The van der Waals surface area contributed by atoms with Crippen LogP contribution in [0.2, 0.25) is 0 Å². The molecule has 0 radical (unpaired) electrons. The Morgan fingerprint density at radius 2 is 1.70 bits per heavy atom. The first-order valence-corrected chi connectivity index (χ1v) is 11.2. The van der Waals surface area contributed by atoms with Crippen LogP contribution in [0.15, 0.2) is 48.5 Å². The van der Waals surface area contributed by atoms with E-state index in [1.54, 1.807) is 6.92 Å². The molecular formula is C25H28N2O6. The van der Waals surface area contributed by atoms with Gasteiger partial charge in [-0.1, -0.05) is 55.5 Å². The van der Waals surface area contributed by atoms with Gasteiger partial charge in [0.1, 0.15) is 12.6 Å². The van der Waals surface area contributed by atoms with Gasteiger partial charge in [-0.15, -0.1) is 0 Å². The summed E-state index contributed by atoms with van der Waals surface area (Å²) in [7, 11) is 0. The molecule has 3 unspecified atom stereocenters. The van der Waals surface area contributed by atoms with Crippen molar-refractivity contribution in [3.8, 4) is 11.1 Å². The predicted molar refractivity (Wildman–Crippen MR) is 121 cm³/mol. The number of hydrogen-bond donors (Lipinski definition) is 3. The van der Waals surface area contributed by atoms with Gasteiger partial charge in [-0.2, -0.15) is 0 Å². The maximum absolute atomic E-state index is 12.6. The molecule has 2 aliphatic rings. The van der Waals surface area contributed by atoms with Crippen molar-refractivity contribution in [1.82, 2.24) is 10.2 Å². The highest BCUT2D eigenvalue weighted by atomic mass is 16.5. The Hall–Kier alpha value is -3.39. The fourth-order valence-electron chi connectivity index (χ4n) is 4.74. The summed E-state index contributed by atoms with van der Waals surface area (Å²) in [5.74, 6) is -1.98. The molecule has 4 rings (SSSR count). The van der Waals surface area contributed by atoms with Crippen LogP contribution in [-0.4, -0.2) is 64.9 Å². The van der Waals surface area contributed by atoms with Crippen LogP contribution in [0.5, 0.6) is 0 Å². The third-order valence-electron chi connectivity index (χ3n) is 6.46. The molecule has 3 atom stereocenters. The molecule has 1 fully saturated rings. The minimum Gasteiger partial charge on any atom is -0.480 e. The summed E-state index contributed by atoms with van der Waals surface area (Å²) >= 11 is 0. The number of alkyl carbamates (subject to hydrolysis) is 1. The number of aliphatic hydroxyl groups is 1. The number of carbonyl (C=O) groups excluding carboxylic acids is 2. The second-order valence-corrected chi connectivity index (χ2v) is 8.68. The molecule has 0 saturated carbocycles. The van der Waals surface area contributed by atoms with Crippen molar-refractivity contribution in [1.29, 1.82) is 0 Å². The minimum atomic E-state index is -1.12. The van der Waals surface area contributed by atoms with Crippen molar-refractivity contribution in [2.24, 2.45) is 5.92 Å². The summed E-state index contributed by atoms with van der Waals surface area (Å²) in [5, 5.41) is 21.7. The van der Waals surface area contributed by atoms with Crippen molar-refractivity contribution in [2.45, 2.75) is 37.8 Å². The van der Waals surface area contributed by atoms with Crippen LogP contribution in [0.3, 0.4) is 0 Å². The van der Waals surface area contributed by atoms with Gasteiger partial charge in [0.15, 0.2) is 0 Å². The number of carbonyl (C=O) groups is 3. The molecule has 1 saturated heterocycles. The summed E-state index contributed by atoms with van der Waals surface area (Å²) in [6, 6.07) is 15.2. The summed E-state index contributed by atoms with van der Waals surface area (Å²) < 4.78 is 5.49. The first-order valence-electron chi connectivity index (χ1n) is 11.2. The number of benzene rings is 2. The Balaban J connectivity index is 1.27. The van der Waals surface area contributed by atoms with Gasteiger partial charge in [-0.05, 0) is 28.7 Å². The van der Waals surface area contributed by atoms with Crippen molar-refractivity contribution in [2.75, 3.05) is 19.7 Å². The molecule has 2 aromatic rings. The minimum absolute atomic E-state index is 0.0138. The monoisotopic (exact) mass is 452 g/mol. The standard InChI is InChI=1S/C25H28N2O6/c1-15(23(29)27-13-16(28)12-22(27)24(30)31)10-11-26-25(32)33-14-21-19-8-4-2-6-17(19)18-7-3-5-9-20(18)21/h2-9,15-16,21-22,28H,10-14H2,1H3,(H,26,32)(H,30,31). The average molecular weight is 453 g/mol. The predicted octanol–water partition coefficient (Wildman–Crippen LogP) is 2.60. The Morgan fingerprint density at radius 3 is 2.30 bits per heavy atom. The summed E-state index contributed by atoms with van der Waals surface area (Å²) in [6.45, 7) is 2.13. The topological polar surface area (TPSA) is 116 Å². The molecule has 0 bridgehead atoms. The second-order valence-electron chi connectivity index (χ2n) is 8.68. The van der Waals surface area contributed by atoms with Crippen LogP contribution in [0, 0.1) is 5.92 Å². The third kappa shape index (κ3) is 4.71. The average Bonchev–Trinajstić information content (AvgIpc) is 3.35. The number of β-amino-alcohol motifs (C(OH)–C–C–N with tert-alkyl or cyclic N) is 1. The number of amides is 2. The Morgan fingerprint density at radius 1 is 1.09 bits per heavy atom. The number of nitrogens with zero attached hydrogens (tertiary/aromatic N) is 1. The first kappa shape index (κ1) is 22.8. The molecule has 1 aliphatic heterocycles. The zero-order chi connectivity index (χ0) is 23.5. The normalized spacial score (nSPS) is 20.1. The number of rotatable bonds is 7. The van der Waals surface area contributed by atoms with Crippen LogP contribution >= 0.6 is 0 Å². The Labute approximate surface area is 192 Å². The van der Waals surface area contributed by atoms with E-state index in [4.69, 9.17) is 4.74 Å². The highest BCUT2D eigenvalue weighted by molar-refractivity contribution is 5.85. The number of likely N-dealkylation sites (tertiary alicyclic amines) is 1. The molecule has 3 N–H and O–H groups in total. The van der Waals surface area contributed by atoms with E-state index in [0.717, 1.165) is 22.3 Å². The van der Waals surface area contributed by atoms with E-state index in [9.17, 15) is 24.6 Å². The van der Waals surface area contributed by atoms with Gasteiger partial charge < -0.3 is 25.2 Å². The number of aliphatic hydroxyl groups excluding tert-OH is 1. The van der Waals surface area contributed by atoms with E-state index in [2.05, 4.69) is 17.4 Å². The van der Waals surface area contributed by atoms with Crippen LogP contribution in [0.1, 0.15) is 36.8 Å². The lowest BCUT2D eigenvalue weighted by Crippen LogP contribution is -2.43. The number of ether oxygens (including phenoxy) is 1. The Kier molecular flexibility index (Phi) is 6.65. The van der Waals surface area contributed by atoms with Gasteiger partial charge in [-0.3, -0.25) is 4.79 Å². The number of hydrogen-bond acceptors (Lipinski definition) is 5. The molecule has 2 amide bonds. The molecule has 2 aromatic carbocycles. The summed E-state index contributed by atoms with van der Waals surface area (Å²) in [5.41, 5.74) is 4.57. The molecule has 8 heteroatoms. The molecule has 1 aliphatic carbocycles. The summed E-state index contributed by atoms with van der Waals surface area (Å²) in [6.07, 6.45) is -1.02.